The van der Waals surface area contributed by atoms with Crippen LogP contribution < -0.4 is 5.48 Å². The summed E-state index contributed by atoms with van der Waals surface area (Å²) in [6.45, 7) is 7.45. The van der Waals surface area contributed by atoms with E-state index in [1.165, 1.54) is 4.31 Å². The fourth-order valence-corrected chi connectivity index (χ4v) is 4.94. The van der Waals surface area contributed by atoms with Gasteiger partial charge in [-0.2, -0.15) is 4.31 Å². The minimum absolute atomic E-state index is 0.0120. The maximum atomic E-state index is 13.3. The first-order chi connectivity index (χ1) is 12.2. The molecule has 0 aliphatic rings. The lowest BCUT2D eigenvalue weighted by molar-refractivity contribution is -0.134. The monoisotopic (exact) mass is 378 g/mol. The van der Waals surface area contributed by atoms with Crippen LogP contribution in [0, 0.1) is 11.8 Å². The Morgan fingerprint density at radius 1 is 1.08 bits per heavy atom. The zero-order valence-electron chi connectivity index (χ0n) is 15.5. The van der Waals surface area contributed by atoms with Gasteiger partial charge >= 0.3 is 0 Å². The van der Waals surface area contributed by atoms with Crippen molar-refractivity contribution in [3.63, 3.8) is 0 Å². The Kier molecular flexibility index (Phi) is 6.39. The number of amides is 1. The Hall–Kier alpha value is -1.96. The normalized spacial score (nSPS) is 13.5. The van der Waals surface area contributed by atoms with E-state index < -0.39 is 22.0 Å². The summed E-state index contributed by atoms with van der Waals surface area (Å²) in [7, 11) is -3.93. The molecule has 0 spiro atoms. The van der Waals surface area contributed by atoms with Crippen LogP contribution in [0.5, 0.6) is 0 Å². The topological polar surface area (TPSA) is 86.7 Å². The molecule has 0 aliphatic heterocycles. The third-order valence-electron chi connectivity index (χ3n) is 4.19. The molecule has 0 unspecified atom stereocenters. The van der Waals surface area contributed by atoms with E-state index in [-0.39, 0.29) is 23.3 Å². The van der Waals surface area contributed by atoms with Crippen molar-refractivity contribution in [3.05, 3.63) is 42.5 Å². The van der Waals surface area contributed by atoms with Crippen LogP contribution in [0.1, 0.15) is 27.7 Å². The summed E-state index contributed by atoms with van der Waals surface area (Å²) in [5.74, 6) is -1.03. The second-order valence-corrected chi connectivity index (χ2v) is 9.03. The van der Waals surface area contributed by atoms with Gasteiger partial charge in [0.05, 0.1) is 4.90 Å². The van der Waals surface area contributed by atoms with E-state index in [0.29, 0.717) is 0 Å². The predicted octanol–water partition coefficient (Wildman–Crippen LogP) is 3.02. The molecule has 26 heavy (non-hydrogen) atoms. The zero-order valence-corrected chi connectivity index (χ0v) is 16.3. The molecule has 2 rings (SSSR count). The molecule has 2 aromatic rings. The van der Waals surface area contributed by atoms with Crippen LogP contribution in [0.4, 0.5) is 0 Å². The molecule has 0 aromatic heterocycles. The first kappa shape index (κ1) is 20.4. The lowest BCUT2D eigenvalue weighted by Gasteiger charge is -2.33. The second-order valence-electron chi connectivity index (χ2n) is 7.14. The van der Waals surface area contributed by atoms with Gasteiger partial charge in [-0.1, -0.05) is 58.0 Å². The Labute approximate surface area is 154 Å². The van der Waals surface area contributed by atoms with Gasteiger partial charge in [0, 0.05) is 6.54 Å². The molecule has 0 saturated carbocycles. The quantitative estimate of drug-likeness (QED) is 0.573. The Balaban J connectivity index is 2.57. The highest BCUT2D eigenvalue weighted by atomic mass is 32.2. The predicted molar refractivity (Wildman–Crippen MR) is 101 cm³/mol. The van der Waals surface area contributed by atoms with Crippen molar-refractivity contribution in [1.29, 1.82) is 0 Å². The first-order valence-corrected chi connectivity index (χ1v) is 10.1. The van der Waals surface area contributed by atoms with Gasteiger partial charge in [0.25, 0.3) is 5.91 Å². The van der Waals surface area contributed by atoms with Gasteiger partial charge in [-0.25, -0.2) is 13.9 Å². The van der Waals surface area contributed by atoms with Gasteiger partial charge in [-0.15, -0.1) is 0 Å². The van der Waals surface area contributed by atoms with E-state index >= 15 is 0 Å². The minimum atomic E-state index is -3.93. The number of benzene rings is 2. The summed E-state index contributed by atoms with van der Waals surface area (Å²) in [5, 5.41) is 10.8. The average Bonchev–Trinajstić information content (AvgIpc) is 2.59. The number of hydroxylamine groups is 1. The highest BCUT2D eigenvalue weighted by Crippen LogP contribution is 2.26. The lowest BCUT2D eigenvalue weighted by Crippen LogP contribution is -2.52. The fourth-order valence-electron chi connectivity index (χ4n) is 3.02. The number of nitrogens with zero attached hydrogens (tertiary/aromatic N) is 1. The van der Waals surface area contributed by atoms with E-state index in [2.05, 4.69) is 0 Å². The molecule has 0 bridgehead atoms. The molecule has 0 heterocycles. The molecule has 2 N–H and O–H groups in total. The third-order valence-corrected chi connectivity index (χ3v) is 6.04. The smallest absolute Gasteiger partial charge is 0.262 e. The molecule has 1 amide bonds. The molecule has 6 nitrogen and oxygen atoms in total. The Bertz CT molecular complexity index is 878. The molecular formula is C19H26N2O4S. The summed E-state index contributed by atoms with van der Waals surface area (Å²) in [6, 6.07) is 11.4. The van der Waals surface area contributed by atoms with E-state index in [0.717, 1.165) is 10.8 Å². The van der Waals surface area contributed by atoms with Crippen molar-refractivity contribution in [1.82, 2.24) is 9.79 Å². The number of fused-ring (bicyclic) bond motifs is 1. The van der Waals surface area contributed by atoms with E-state index in [1.807, 2.05) is 38.1 Å². The highest BCUT2D eigenvalue weighted by Gasteiger charge is 2.38. The van der Waals surface area contributed by atoms with Crippen LogP contribution in [0.25, 0.3) is 10.8 Å². The molecule has 7 heteroatoms. The standard InChI is InChI=1S/C19H26N2O4S/c1-13(2)12-21(18(14(3)4)19(22)20-23)26(24,25)17-10-9-15-7-5-6-8-16(15)11-17/h5-11,13-14,18,23H,12H2,1-4H3,(H,20,22)/t18-/m1/s1. The molecule has 0 aliphatic carbocycles. The van der Waals surface area contributed by atoms with Crippen LogP contribution in [0.2, 0.25) is 0 Å². The number of sulfonamides is 1. The molecule has 0 saturated heterocycles. The van der Waals surface area contributed by atoms with Crippen LogP contribution in [-0.2, 0) is 14.8 Å². The van der Waals surface area contributed by atoms with Gasteiger partial charge in [0.2, 0.25) is 10.0 Å². The summed E-state index contributed by atoms with van der Waals surface area (Å²) in [6.07, 6.45) is 0. The van der Waals surface area contributed by atoms with Gasteiger partial charge in [-0.05, 0) is 34.7 Å². The largest absolute Gasteiger partial charge is 0.289 e. The summed E-state index contributed by atoms with van der Waals surface area (Å²) in [4.78, 5) is 12.3. The number of hydrogen-bond donors (Lipinski definition) is 2. The summed E-state index contributed by atoms with van der Waals surface area (Å²) < 4.78 is 27.9. The fraction of sp³-hybridized carbons (Fsp3) is 0.421. The van der Waals surface area contributed by atoms with Crippen molar-refractivity contribution in [3.8, 4) is 0 Å². The van der Waals surface area contributed by atoms with E-state index in [9.17, 15) is 13.2 Å². The van der Waals surface area contributed by atoms with Crippen molar-refractivity contribution in [2.75, 3.05) is 6.54 Å². The molecule has 2 aromatic carbocycles. The highest BCUT2D eigenvalue weighted by molar-refractivity contribution is 7.89. The maximum Gasteiger partial charge on any atom is 0.262 e. The summed E-state index contributed by atoms with van der Waals surface area (Å²) in [5.41, 5.74) is 1.61. The van der Waals surface area contributed by atoms with Crippen LogP contribution in [0.15, 0.2) is 47.4 Å². The van der Waals surface area contributed by atoms with E-state index in [1.54, 1.807) is 37.5 Å². The molecule has 1 atom stereocenters. The lowest BCUT2D eigenvalue weighted by atomic mass is 10.0. The van der Waals surface area contributed by atoms with Gasteiger partial charge < -0.3 is 0 Å². The van der Waals surface area contributed by atoms with Crippen molar-refractivity contribution < 1.29 is 18.4 Å². The first-order valence-electron chi connectivity index (χ1n) is 8.63. The van der Waals surface area contributed by atoms with Gasteiger partial charge in [0.1, 0.15) is 6.04 Å². The van der Waals surface area contributed by atoms with Gasteiger partial charge in [-0.3, -0.25) is 10.0 Å². The van der Waals surface area contributed by atoms with Crippen LogP contribution >= 0.6 is 0 Å². The molecule has 0 fully saturated rings. The second kappa shape index (κ2) is 8.16. The number of nitrogens with one attached hydrogen (secondary N) is 1. The SMILES string of the molecule is CC(C)CN([C@@H](C(=O)NO)C(C)C)S(=O)(=O)c1ccc2ccccc2c1. The van der Waals surface area contributed by atoms with Gasteiger partial charge in [0.15, 0.2) is 0 Å². The Morgan fingerprint density at radius 2 is 1.69 bits per heavy atom. The van der Waals surface area contributed by atoms with Crippen LogP contribution in [0.3, 0.4) is 0 Å². The molecule has 0 radical (unpaired) electrons. The van der Waals surface area contributed by atoms with Crippen molar-refractivity contribution in [2.45, 2.75) is 38.6 Å². The Morgan fingerprint density at radius 3 is 2.23 bits per heavy atom. The van der Waals surface area contributed by atoms with Crippen molar-refractivity contribution >= 4 is 26.7 Å². The minimum Gasteiger partial charge on any atom is -0.289 e. The van der Waals surface area contributed by atoms with Crippen molar-refractivity contribution in [2.24, 2.45) is 11.8 Å². The van der Waals surface area contributed by atoms with E-state index in [4.69, 9.17) is 5.21 Å². The third kappa shape index (κ3) is 4.23. The number of rotatable bonds is 7. The summed E-state index contributed by atoms with van der Waals surface area (Å²) >= 11 is 0. The maximum absolute atomic E-state index is 13.3. The average molecular weight is 378 g/mol. The van der Waals surface area contributed by atoms with Crippen LogP contribution in [-0.4, -0.2) is 36.4 Å². The number of hydrogen-bond acceptors (Lipinski definition) is 4. The number of carbonyl (C=O) groups excluding carboxylic acids is 1. The zero-order chi connectivity index (χ0) is 19.5. The number of carbonyl (C=O) groups is 1. The molecule has 142 valence electrons. The molecular weight excluding hydrogens is 352 g/mol.